The fourth-order valence-electron chi connectivity index (χ4n) is 3.40. The second kappa shape index (κ2) is 7.83. The number of H-pyrrole nitrogens is 1. The van der Waals surface area contributed by atoms with Crippen molar-refractivity contribution in [1.29, 1.82) is 0 Å². The molecule has 6 heteroatoms. The quantitative estimate of drug-likeness (QED) is 0.838. The van der Waals surface area contributed by atoms with E-state index in [-0.39, 0.29) is 17.9 Å². The molecule has 26 heavy (non-hydrogen) atoms. The van der Waals surface area contributed by atoms with E-state index in [1.807, 2.05) is 39.1 Å². The predicted octanol–water partition coefficient (Wildman–Crippen LogP) is 2.86. The highest BCUT2D eigenvalue weighted by Crippen LogP contribution is 2.29. The summed E-state index contributed by atoms with van der Waals surface area (Å²) in [5, 5.41) is 7.15. The number of carbonyl (C=O) groups excluding carboxylic acids is 1. The first-order valence-electron chi connectivity index (χ1n) is 8.95. The first kappa shape index (κ1) is 18.3. The lowest BCUT2D eigenvalue weighted by Gasteiger charge is -2.23. The van der Waals surface area contributed by atoms with Crippen molar-refractivity contribution in [2.75, 3.05) is 20.2 Å². The highest BCUT2D eigenvalue weighted by Gasteiger charge is 2.33. The van der Waals surface area contributed by atoms with E-state index in [1.165, 1.54) is 0 Å². The fourth-order valence-corrected chi connectivity index (χ4v) is 3.40. The number of rotatable bonds is 5. The van der Waals surface area contributed by atoms with Crippen LogP contribution in [-0.2, 0) is 9.53 Å². The molecule has 1 amide bonds. The van der Waals surface area contributed by atoms with Gasteiger partial charge < -0.3 is 9.64 Å². The van der Waals surface area contributed by atoms with Crippen molar-refractivity contribution in [3.05, 3.63) is 53.1 Å². The molecule has 2 aromatic rings. The van der Waals surface area contributed by atoms with Crippen LogP contribution in [0.5, 0.6) is 0 Å². The summed E-state index contributed by atoms with van der Waals surface area (Å²) in [7, 11) is 1.81. The largest absolute Gasteiger partial charge is 0.376 e. The Morgan fingerprint density at radius 3 is 2.85 bits per heavy atom. The van der Waals surface area contributed by atoms with Gasteiger partial charge in [0.25, 0.3) is 0 Å². The van der Waals surface area contributed by atoms with E-state index in [0.717, 1.165) is 34.8 Å². The summed E-state index contributed by atoms with van der Waals surface area (Å²) >= 11 is 0. The average molecular weight is 354 g/mol. The summed E-state index contributed by atoms with van der Waals surface area (Å²) in [6.07, 6.45) is 2.50. The average Bonchev–Trinajstić information content (AvgIpc) is 3.23. The van der Waals surface area contributed by atoms with Crippen molar-refractivity contribution < 1.29 is 9.53 Å². The molecule has 1 fully saturated rings. The van der Waals surface area contributed by atoms with Gasteiger partial charge >= 0.3 is 0 Å². The maximum Gasteiger partial charge on any atom is 0.246 e. The summed E-state index contributed by atoms with van der Waals surface area (Å²) < 4.78 is 5.85. The maximum atomic E-state index is 12.6. The lowest BCUT2D eigenvalue weighted by atomic mass is 10.00. The summed E-state index contributed by atoms with van der Waals surface area (Å²) in [4.78, 5) is 18.8. The van der Waals surface area contributed by atoms with Gasteiger partial charge in [-0.05, 0) is 43.9 Å². The van der Waals surface area contributed by atoms with E-state index < -0.39 is 0 Å². The van der Waals surface area contributed by atoms with Crippen LogP contribution in [0.3, 0.4) is 0 Å². The third-order valence-electron chi connectivity index (χ3n) is 4.90. The number of benzene rings is 1. The van der Waals surface area contributed by atoms with E-state index in [1.54, 1.807) is 11.0 Å². The van der Waals surface area contributed by atoms with Crippen molar-refractivity contribution >= 4 is 11.5 Å². The Morgan fingerprint density at radius 1 is 1.38 bits per heavy atom. The van der Waals surface area contributed by atoms with Gasteiger partial charge in [-0.1, -0.05) is 24.3 Å². The van der Waals surface area contributed by atoms with Crippen LogP contribution in [0.2, 0.25) is 0 Å². The zero-order chi connectivity index (χ0) is 18.7. The molecule has 0 bridgehead atoms. The van der Waals surface area contributed by atoms with Gasteiger partial charge in [-0.25, -0.2) is 4.98 Å². The Labute approximate surface area is 154 Å². The van der Waals surface area contributed by atoms with Crippen molar-refractivity contribution in [2.45, 2.75) is 39.2 Å². The summed E-state index contributed by atoms with van der Waals surface area (Å²) in [5.74, 6) is 1.67. The molecule has 1 aromatic heterocycles. The van der Waals surface area contributed by atoms with Gasteiger partial charge in [-0.15, -0.1) is 0 Å². The summed E-state index contributed by atoms with van der Waals surface area (Å²) in [6, 6.07) is 8.08. The molecular weight excluding hydrogens is 328 g/mol. The van der Waals surface area contributed by atoms with E-state index in [4.69, 9.17) is 4.74 Å². The van der Waals surface area contributed by atoms with E-state index >= 15 is 0 Å². The molecular formula is C20H26N4O2. The van der Waals surface area contributed by atoms with Crippen molar-refractivity contribution in [1.82, 2.24) is 20.1 Å². The van der Waals surface area contributed by atoms with Gasteiger partial charge in [0.2, 0.25) is 5.91 Å². The molecule has 0 saturated carbocycles. The Morgan fingerprint density at radius 2 is 2.15 bits per heavy atom. The van der Waals surface area contributed by atoms with Crippen molar-refractivity contribution in [3.8, 4) is 0 Å². The molecule has 1 aliphatic rings. The number of aromatic amines is 1. The lowest BCUT2D eigenvalue weighted by Crippen LogP contribution is -2.35. The number of hydrogen-bond acceptors (Lipinski definition) is 4. The van der Waals surface area contributed by atoms with Gasteiger partial charge in [-0.3, -0.25) is 9.89 Å². The minimum absolute atomic E-state index is 0.0221. The van der Waals surface area contributed by atoms with Crippen LogP contribution in [0, 0.1) is 13.8 Å². The number of nitrogens with one attached hydrogen (secondary N) is 1. The summed E-state index contributed by atoms with van der Waals surface area (Å²) in [6.45, 7) is 7.10. The lowest BCUT2D eigenvalue weighted by molar-refractivity contribution is -0.126. The molecule has 0 aliphatic carbocycles. The van der Waals surface area contributed by atoms with Gasteiger partial charge in [0.1, 0.15) is 5.82 Å². The molecule has 2 atom stereocenters. The minimum Gasteiger partial charge on any atom is -0.376 e. The Bertz CT molecular complexity index is 812. The molecule has 1 N–H and O–H groups in total. The number of carbonyl (C=O) groups is 1. The van der Waals surface area contributed by atoms with Crippen LogP contribution in [0.25, 0.3) is 5.57 Å². The van der Waals surface area contributed by atoms with Crippen molar-refractivity contribution in [2.24, 2.45) is 0 Å². The molecule has 1 aromatic carbocycles. The number of hydrogen-bond donors (Lipinski definition) is 1. The maximum absolute atomic E-state index is 12.6. The minimum atomic E-state index is -0.0775. The van der Waals surface area contributed by atoms with Crippen LogP contribution in [-0.4, -0.2) is 52.3 Å². The zero-order valence-corrected chi connectivity index (χ0v) is 15.8. The first-order chi connectivity index (χ1) is 12.5. The molecule has 1 aliphatic heterocycles. The molecule has 6 nitrogen and oxygen atoms in total. The molecule has 1 saturated heterocycles. The van der Waals surface area contributed by atoms with Crippen LogP contribution < -0.4 is 0 Å². The number of allylic oxidation sites excluding steroid dienone is 1. The number of aryl methyl sites for hydroxylation is 2. The SMILES string of the molecule is C/C(=C\C(=O)N(C)C[C@H]1OCC[C@H]1c1n[nH]c(C)n1)c1ccccc1C. The van der Waals surface area contributed by atoms with E-state index in [9.17, 15) is 4.79 Å². The Balaban J connectivity index is 1.67. The summed E-state index contributed by atoms with van der Waals surface area (Å²) in [5.41, 5.74) is 3.23. The number of aromatic nitrogens is 3. The Hall–Kier alpha value is -2.47. The molecule has 0 radical (unpaired) electrons. The number of amides is 1. The van der Waals surface area contributed by atoms with E-state index in [2.05, 4.69) is 28.2 Å². The third-order valence-corrected chi connectivity index (χ3v) is 4.90. The van der Waals surface area contributed by atoms with Crippen LogP contribution in [0.15, 0.2) is 30.3 Å². The topological polar surface area (TPSA) is 71.1 Å². The normalized spacial score (nSPS) is 20.4. The fraction of sp³-hybridized carbons (Fsp3) is 0.450. The molecule has 0 spiro atoms. The van der Waals surface area contributed by atoms with Gasteiger partial charge in [0.15, 0.2) is 5.82 Å². The third kappa shape index (κ3) is 4.02. The van der Waals surface area contributed by atoms with Gasteiger partial charge in [-0.2, -0.15) is 5.10 Å². The van der Waals surface area contributed by atoms with Gasteiger partial charge in [0, 0.05) is 26.3 Å². The number of nitrogens with zero attached hydrogens (tertiary/aromatic N) is 3. The van der Waals surface area contributed by atoms with Crippen LogP contribution >= 0.6 is 0 Å². The predicted molar refractivity (Wildman–Crippen MR) is 101 cm³/mol. The molecule has 0 unspecified atom stereocenters. The Kier molecular flexibility index (Phi) is 5.52. The number of likely N-dealkylation sites (N-methyl/N-ethyl adjacent to an activating group) is 1. The van der Waals surface area contributed by atoms with Crippen molar-refractivity contribution in [3.63, 3.8) is 0 Å². The smallest absolute Gasteiger partial charge is 0.246 e. The highest BCUT2D eigenvalue weighted by atomic mass is 16.5. The second-order valence-corrected chi connectivity index (χ2v) is 6.94. The number of ether oxygens (including phenoxy) is 1. The monoisotopic (exact) mass is 354 g/mol. The molecule has 138 valence electrons. The highest BCUT2D eigenvalue weighted by molar-refractivity contribution is 5.95. The molecule has 2 heterocycles. The van der Waals surface area contributed by atoms with Crippen LogP contribution in [0.4, 0.5) is 0 Å². The standard InChI is InChI=1S/C20H26N4O2/c1-13-7-5-6-8-16(13)14(2)11-19(25)24(4)12-18-17(9-10-26-18)20-21-15(3)22-23-20/h5-8,11,17-18H,9-10,12H2,1-4H3,(H,21,22,23)/b14-11+/t17-,18-/m1/s1. The van der Waals surface area contributed by atoms with E-state index in [0.29, 0.717) is 13.2 Å². The van der Waals surface area contributed by atoms with Gasteiger partial charge in [0.05, 0.1) is 12.0 Å². The second-order valence-electron chi connectivity index (χ2n) is 6.94. The zero-order valence-electron chi connectivity index (χ0n) is 15.8. The molecule has 3 rings (SSSR count). The van der Waals surface area contributed by atoms with Crippen LogP contribution in [0.1, 0.15) is 42.0 Å². The first-order valence-corrected chi connectivity index (χ1v) is 8.95.